The summed E-state index contributed by atoms with van der Waals surface area (Å²) >= 11 is 0. The predicted octanol–water partition coefficient (Wildman–Crippen LogP) is 1.85. The van der Waals surface area contributed by atoms with Crippen LogP contribution in [0, 0.1) is 6.92 Å². The van der Waals surface area contributed by atoms with Gasteiger partial charge in [0.2, 0.25) is 0 Å². The van der Waals surface area contributed by atoms with Gasteiger partial charge in [0.25, 0.3) is 11.8 Å². The van der Waals surface area contributed by atoms with Gasteiger partial charge in [-0.2, -0.15) is 5.11 Å². The molecule has 1 heterocycles. The number of carbonyl (C=O) groups excluding carboxylic acids is 2. The van der Waals surface area contributed by atoms with Crippen molar-refractivity contribution < 1.29 is 9.59 Å². The van der Waals surface area contributed by atoms with Crippen molar-refractivity contribution >= 4 is 17.5 Å². The summed E-state index contributed by atoms with van der Waals surface area (Å²) < 4.78 is 0. The van der Waals surface area contributed by atoms with E-state index in [-0.39, 0.29) is 5.91 Å². The van der Waals surface area contributed by atoms with Gasteiger partial charge in [0.1, 0.15) is 0 Å². The molecule has 0 aliphatic carbocycles. The van der Waals surface area contributed by atoms with Gasteiger partial charge >= 0.3 is 0 Å². The number of hydrogen-bond donors (Lipinski definition) is 1. The number of amides is 2. The molecular formula is C12H11N3O2. The average Bonchev–Trinajstić information content (AvgIpc) is 2.29. The number of nitrogens with one attached hydrogen (secondary N) is 1. The predicted molar refractivity (Wildman–Crippen MR) is 62.6 cm³/mol. The summed E-state index contributed by atoms with van der Waals surface area (Å²) in [7, 11) is 0. The van der Waals surface area contributed by atoms with E-state index in [9.17, 15) is 9.59 Å². The fourth-order valence-corrected chi connectivity index (χ4v) is 1.44. The van der Waals surface area contributed by atoms with Gasteiger partial charge in [-0.15, -0.1) is 5.11 Å². The van der Waals surface area contributed by atoms with Crippen molar-refractivity contribution in [3.63, 3.8) is 0 Å². The van der Waals surface area contributed by atoms with Crippen molar-refractivity contribution in [2.24, 2.45) is 10.2 Å². The van der Waals surface area contributed by atoms with E-state index in [1.165, 1.54) is 12.2 Å². The van der Waals surface area contributed by atoms with Gasteiger partial charge < -0.3 is 5.32 Å². The highest BCUT2D eigenvalue weighted by atomic mass is 16.2. The van der Waals surface area contributed by atoms with Gasteiger partial charge in [0, 0.05) is 11.8 Å². The molecule has 0 aromatic heterocycles. The van der Waals surface area contributed by atoms with Gasteiger partial charge in [0.15, 0.2) is 6.04 Å². The molecule has 2 amide bonds. The first-order valence-electron chi connectivity index (χ1n) is 5.16. The number of benzene rings is 1. The largest absolute Gasteiger partial charge is 0.324 e. The summed E-state index contributed by atoms with van der Waals surface area (Å²) in [4.78, 5) is 22.5. The molecule has 1 aromatic rings. The fourth-order valence-electron chi connectivity index (χ4n) is 1.44. The molecule has 2 rings (SSSR count). The molecule has 5 nitrogen and oxygen atoms in total. The Kier molecular flexibility index (Phi) is 3.09. The van der Waals surface area contributed by atoms with Crippen LogP contribution in [-0.2, 0) is 9.59 Å². The zero-order chi connectivity index (χ0) is 12.3. The molecule has 1 aromatic carbocycles. The second kappa shape index (κ2) is 4.69. The summed E-state index contributed by atoms with van der Waals surface area (Å²) in [5, 5.41) is 9.65. The lowest BCUT2D eigenvalue weighted by atomic mass is 10.2. The molecule has 1 aliphatic heterocycles. The monoisotopic (exact) mass is 229 g/mol. The van der Waals surface area contributed by atoms with Crippen molar-refractivity contribution in [3.05, 3.63) is 42.0 Å². The molecule has 0 saturated carbocycles. The maximum absolute atomic E-state index is 11.8. The van der Waals surface area contributed by atoms with Crippen LogP contribution < -0.4 is 5.32 Å². The van der Waals surface area contributed by atoms with Gasteiger partial charge in [-0.3, -0.25) is 9.59 Å². The molecule has 0 spiro atoms. The second-order valence-electron chi connectivity index (χ2n) is 3.72. The number of anilines is 1. The van der Waals surface area contributed by atoms with Crippen molar-refractivity contribution in [3.8, 4) is 0 Å². The third-order valence-corrected chi connectivity index (χ3v) is 2.26. The third kappa shape index (κ3) is 2.84. The van der Waals surface area contributed by atoms with Crippen LogP contribution in [0.5, 0.6) is 0 Å². The standard InChI is InChI=1S/C12H11N3O2/c1-8-3-2-4-9(7-8)13-12(17)10-5-6-11(16)15-14-10/h2-7,10H,1H3,(H,13,17). The van der Waals surface area contributed by atoms with Crippen LogP contribution in [0.2, 0.25) is 0 Å². The highest BCUT2D eigenvalue weighted by molar-refractivity contribution is 5.98. The van der Waals surface area contributed by atoms with Crippen LogP contribution in [0.1, 0.15) is 5.56 Å². The first-order chi connectivity index (χ1) is 8.15. The summed E-state index contributed by atoms with van der Waals surface area (Å²) in [5.74, 6) is -0.743. The molecule has 1 atom stereocenters. The molecule has 0 bridgehead atoms. The molecule has 1 N–H and O–H groups in total. The maximum atomic E-state index is 11.8. The lowest BCUT2D eigenvalue weighted by molar-refractivity contribution is -0.117. The topological polar surface area (TPSA) is 70.9 Å². The van der Waals surface area contributed by atoms with Crippen LogP contribution >= 0.6 is 0 Å². The Balaban J connectivity index is 2.05. The van der Waals surface area contributed by atoms with Gasteiger partial charge in [-0.1, -0.05) is 12.1 Å². The zero-order valence-electron chi connectivity index (χ0n) is 9.25. The van der Waals surface area contributed by atoms with E-state index in [2.05, 4.69) is 15.5 Å². The van der Waals surface area contributed by atoms with E-state index in [1.807, 2.05) is 25.1 Å². The van der Waals surface area contributed by atoms with Crippen molar-refractivity contribution in [1.29, 1.82) is 0 Å². The number of azo groups is 1. The fraction of sp³-hybridized carbons (Fsp3) is 0.167. The van der Waals surface area contributed by atoms with Crippen molar-refractivity contribution in [2.75, 3.05) is 5.32 Å². The molecule has 1 aliphatic rings. The Bertz CT molecular complexity index is 504. The van der Waals surface area contributed by atoms with Crippen LogP contribution in [0.25, 0.3) is 0 Å². The normalized spacial score (nSPS) is 18.2. The first-order valence-corrected chi connectivity index (χ1v) is 5.16. The lowest BCUT2D eigenvalue weighted by Gasteiger charge is -2.10. The van der Waals surface area contributed by atoms with Crippen molar-refractivity contribution in [1.82, 2.24) is 0 Å². The molecule has 5 heteroatoms. The Labute approximate surface area is 98.2 Å². The molecule has 86 valence electrons. The van der Waals surface area contributed by atoms with E-state index in [4.69, 9.17) is 0 Å². The summed E-state index contributed by atoms with van der Waals surface area (Å²) in [6.45, 7) is 1.94. The Morgan fingerprint density at radius 2 is 2.24 bits per heavy atom. The minimum Gasteiger partial charge on any atom is -0.324 e. The van der Waals surface area contributed by atoms with E-state index < -0.39 is 11.9 Å². The zero-order valence-corrected chi connectivity index (χ0v) is 9.25. The van der Waals surface area contributed by atoms with Crippen LogP contribution in [-0.4, -0.2) is 17.9 Å². The average molecular weight is 229 g/mol. The smallest absolute Gasteiger partial charge is 0.287 e. The van der Waals surface area contributed by atoms with Gasteiger partial charge in [-0.25, -0.2) is 0 Å². The first kappa shape index (κ1) is 11.2. The van der Waals surface area contributed by atoms with E-state index in [0.717, 1.165) is 5.56 Å². The minimum absolute atomic E-state index is 0.303. The summed E-state index contributed by atoms with van der Waals surface area (Å²) in [5.41, 5.74) is 1.76. The summed E-state index contributed by atoms with van der Waals surface area (Å²) in [6, 6.07) is 6.71. The summed E-state index contributed by atoms with van der Waals surface area (Å²) in [6.07, 6.45) is 2.67. The van der Waals surface area contributed by atoms with Gasteiger partial charge in [0.05, 0.1) is 0 Å². The number of nitrogens with zero attached hydrogens (tertiary/aromatic N) is 2. The molecular weight excluding hydrogens is 218 g/mol. The van der Waals surface area contributed by atoms with E-state index in [1.54, 1.807) is 6.07 Å². The van der Waals surface area contributed by atoms with Crippen LogP contribution in [0.15, 0.2) is 46.6 Å². The van der Waals surface area contributed by atoms with E-state index >= 15 is 0 Å². The van der Waals surface area contributed by atoms with Gasteiger partial charge in [-0.05, 0) is 30.7 Å². The van der Waals surface area contributed by atoms with Crippen molar-refractivity contribution in [2.45, 2.75) is 13.0 Å². The minimum atomic E-state index is -0.729. The molecule has 0 saturated heterocycles. The Morgan fingerprint density at radius 3 is 2.88 bits per heavy atom. The Morgan fingerprint density at radius 1 is 1.41 bits per heavy atom. The van der Waals surface area contributed by atoms with E-state index in [0.29, 0.717) is 5.69 Å². The molecule has 0 radical (unpaired) electrons. The quantitative estimate of drug-likeness (QED) is 0.840. The van der Waals surface area contributed by atoms with Crippen LogP contribution in [0.3, 0.4) is 0 Å². The molecule has 0 fully saturated rings. The Hall–Kier alpha value is -2.30. The third-order valence-electron chi connectivity index (χ3n) is 2.26. The second-order valence-corrected chi connectivity index (χ2v) is 3.72. The molecule has 17 heavy (non-hydrogen) atoms. The highest BCUT2D eigenvalue weighted by Crippen LogP contribution is 2.12. The highest BCUT2D eigenvalue weighted by Gasteiger charge is 2.18. The number of aryl methyl sites for hydroxylation is 1. The van der Waals surface area contributed by atoms with Crippen LogP contribution in [0.4, 0.5) is 5.69 Å². The molecule has 1 unspecified atom stereocenters. The lowest BCUT2D eigenvalue weighted by Crippen LogP contribution is -2.25. The SMILES string of the molecule is Cc1cccc(NC(=O)C2C=CC(=O)N=N2)c1. The maximum Gasteiger partial charge on any atom is 0.287 e. The number of hydrogen-bond acceptors (Lipinski definition) is 3. The number of rotatable bonds is 2. The number of carbonyl (C=O) groups is 2.